The normalized spacial score (nSPS) is 16.8. The number of methoxy groups -OCH3 is 2. The van der Waals surface area contributed by atoms with Crippen molar-refractivity contribution < 1.29 is 19.3 Å². The van der Waals surface area contributed by atoms with Crippen LogP contribution in [0.2, 0.25) is 0 Å². The Hall–Kier alpha value is -2.28. The summed E-state index contributed by atoms with van der Waals surface area (Å²) in [5.74, 6) is 2.43. The highest BCUT2D eigenvalue weighted by molar-refractivity contribution is 5.31. The Morgan fingerprint density at radius 3 is 2.00 bits per heavy atom. The topological polar surface area (TPSA) is 54.4 Å². The molecule has 0 aliphatic carbocycles. The van der Waals surface area contributed by atoms with Crippen LogP contribution in [0.25, 0.3) is 0 Å². The van der Waals surface area contributed by atoms with E-state index in [0.29, 0.717) is 13.2 Å². The average molecular weight is 401 g/mol. The molecule has 1 unspecified atom stereocenters. The molecule has 0 aromatic heterocycles. The largest absolute Gasteiger partial charge is 0.497 e. The fourth-order valence-electron chi connectivity index (χ4n) is 3.57. The number of aliphatic hydroxyl groups excluding tert-OH is 1. The van der Waals surface area contributed by atoms with E-state index in [1.807, 2.05) is 36.4 Å². The molecule has 3 rings (SSSR count). The number of nitrogens with zero attached hydrogens (tertiary/aromatic N) is 2. The molecule has 29 heavy (non-hydrogen) atoms. The van der Waals surface area contributed by atoms with Gasteiger partial charge >= 0.3 is 0 Å². The van der Waals surface area contributed by atoms with Crippen LogP contribution in [0.4, 0.5) is 0 Å². The average Bonchev–Trinajstić information content (AvgIpc) is 2.98. The van der Waals surface area contributed by atoms with Gasteiger partial charge < -0.3 is 19.3 Å². The molecule has 1 heterocycles. The first-order chi connectivity index (χ1) is 14.2. The first kappa shape index (κ1) is 21.4. The molecule has 1 aliphatic rings. The molecule has 1 saturated heterocycles. The summed E-state index contributed by atoms with van der Waals surface area (Å²) in [5.41, 5.74) is 1.30. The van der Waals surface area contributed by atoms with E-state index in [0.717, 1.165) is 56.4 Å². The van der Waals surface area contributed by atoms with E-state index in [1.54, 1.807) is 14.2 Å². The van der Waals surface area contributed by atoms with Crippen molar-refractivity contribution in [2.75, 3.05) is 53.6 Å². The van der Waals surface area contributed by atoms with E-state index in [1.165, 1.54) is 5.56 Å². The third-order valence-electron chi connectivity index (χ3n) is 5.22. The maximum atomic E-state index is 10.4. The van der Waals surface area contributed by atoms with Crippen LogP contribution in [0.5, 0.6) is 17.2 Å². The van der Waals surface area contributed by atoms with Crippen molar-refractivity contribution in [2.24, 2.45) is 0 Å². The van der Waals surface area contributed by atoms with Gasteiger partial charge in [-0.2, -0.15) is 0 Å². The van der Waals surface area contributed by atoms with Gasteiger partial charge in [0.25, 0.3) is 0 Å². The van der Waals surface area contributed by atoms with Crippen LogP contribution in [0.15, 0.2) is 48.5 Å². The summed E-state index contributed by atoms with van der Waals surface area (Å²) < 4.78 is 16.1. The van der Waals surface area contributed by atoms with Crippen LogP contribution in [-0.2, 0) is 6.54 Å². The van der Waals surface area contributed by atoms with Crippen LogP contribution < -0.4 is 14.2 Å². The zero-order valence-electron chi connectivity index (χ0n) is 17.4. The molecule has 2 aromatic rings. The minimum atomic E-state index is -0.509. The lowest BCUT2D eigenvalue weighted by Gasteiger charge is -2.24. The van der Waals surface area contributed by atoms with Crippen molar-refractivity contribution in [1.82, 2.24) is 9.80 Å². The molecule has 0 amide bonds. The summed E-state index contributed by atoms with van der Waals surface area (Å²) in [6, 6.07) is 15.7. The van der Waals surface area contributed by atoms with Crippen molar-refractivity contribution in [3.05, 3.63) is 54.1 Å². The molecular weight excluding hydrogens is 368 g/mol. The summed E-state index contributed by atoms with van der Waals surface area (Å²) in [7, 11) is 3.33. The lowest BCUT2D eigenvalue weighted by molar-refractivity contribution is 0.0692. The van der Waals surface area contributed by atoms with Crippen LogP contribution in [0, 0.1) is 0 Å². The Balaban J connectivity index is 1.40. The molecule has 0 spiro atoms. The van der Waals surface area contributed by atoms with E-state index in [9.17, 15) is 5.11 Å². The van der Waals surface area contributed by atoms with Gasteiger partial charge in [-0.15, -0.1) is 0 Å². The molecule has 6 heteroatoms. The molecule has 0 saturated carbocycles. The minimum absolute atomic E-state index is 0.290. The lowest BCUT2D eigenvalue weighted by Crippen LogP contribution is -2.38. The van der Waals surface area contributed by atoms with E-state index in [-0.39, 0.29) is 0 Å². The predicted octanol–water partition coefficient (Wildman–Crippen LogP) is 2.65. The Morgan fingerprint density at radius 1 is 0.793 bits per heavy atom. The second-order valence-electron chi connectivity index (χ2n) is 7.42. The number of ether oxygens (including phenoxy) is 3. The highest BCUT2D eigenvalue weighted by atomic mass is 16.5. The molecule has 1 atom stereocenters. The first-order valence-corrected chi connectivity index (χ1v) is 10.2. The standard InChI is InChI=1S/C23H32N2O4/c1-27-21-6-4-19(5-7-21)16-24-12-3-13-25(15-14-24)17-20(26)18-29-23-10-8-22(28-2)9-11-23/h4-11,20,26H,3,12-18H2,1-2H3. The number of rotatable bonds is 9. The number of hydrogen-bond donors (Lipinski definition) is 1. The summed E-state index contributed by atoms with van der Waals surface area (Å²) in [4.78, 5) is 4.80. The van der Waals surface area contributed by atoms with Gasteiger partial charge in [0, 0.05) is 26.2 Å². The molecule has 158 valence electrons. The van der Waals surface area contributed by atoms with Gasteiger partial charge in [0.1, 0.15) is 30.0 Å². The molecular formula is C23H32N2O4. The smallest absolute Gasteiger partial charge is 0.119 e. The van der Waals surface area contributed by atoms with Gasteiger partial charge in [-0.25, -0.2) is 0 Å². The number of aliphatic hydroxyl groups is 1. The van der Waals surface area contributed by atoms with Gasteiger partial charge in [-0.1, -0.05) is 12.1 Å². The van der Waals surface area contributed by atoms with Crippen molar-refractivity contribution >= 4 is 0 Å². The third kappa shape index (κ3) is 6.92. The maximum absolute atomic E-state index is 10.4. The van der Waals surface area contributed by atoms with Crippen molar-refractivity contribution in [3.8, 4) is 17.2 Å². The number of benzene rings is 2. The Labute approximate surface area is 173 Å². The molecule has 2 aromatic carbocycles. The Bertz CT molecular complexity index is 721. The molecule has 6 nitrogen and oxygen atoms in total. The van der Waals surface area contributed by atoms with Gasteiger partial charge in [0.05, 0.1) is 14.2 Å². The summed E-state index contributed by atoms with van der Waals surface area (Å²) in [6.45, 7) is 5.89. The van der Waals surface area contributed by atoms with Crippen LogP contribution in [-0.4, -0.2) is 74.6 Å². The molecule has 1 aliphatic heterocycles. The Kier molecular flexibility index (Phi) is 8.16. The zero-order chi connectivity index (χ0) is 20.5. The SMILES string of the molecule is COc1ccc(CN2CCCN(CC(O)COc3ccc(OC)cc3)CC2)cc1. The van der Waals surface area contributed by atoms with Gasteiger partial charge in [-0.3, -0.25) is 9.80 Å². The molecule has 1 N–H and O–H groups in total. The monoisotopic (exact) mass is 400 g/mol. The van der Waals surface area contributed by atoms with E-state index in [2.05, 4.69) is 21.9 Å². The van der Waals surface area contributed by atoms with Gasteiger partial charge in [0.2, 0.25) is 0 Å². The quantitative estimate of drug-likeness (QED) is 0.699. The fourth-order valence-corrected chi connectivity index (χ4v) is 3.57. The first-order valence-electron chi connectivity index (χ1n) is 10.2. The van der Waals surface area contributed by atoms with Gasteiger partial charge in [0.15, 0.2) is 0 Å². The second-order valence-corrected chi connectivity index (χ2v) is 7.42. The van der Waals surface area contributed by atoms with Crippen LogP contribution in [0.3, 0.4) is 0 Å². The molecule has 1 fully saturated rings. The number of β-amino-alcohol motifs (C(OH)–C–C–N with tert-alkyl or cyclic N) is 1. The van der Waals surface area contributed by atoms with Crippen LogP contribution >= 0.6 is 0 Å². The second kappa shape index (κ2) is 11.0. The van der Waals surface area contributed by atoms with Crippen LogP contribution in [0.1, 0.15) is 12.0 Å². The highest BCUT2D eigenvalue weighted by Crippen LogP contribution is 2.17. The minimum Gasteiger partial charge on any atom is -0.497 e. The summed E-state index contributed by atoms with van der Waals surface area (Å²) in [5, 5.41) is 10.4. The maximum Gasteiger partial charge on any atom is 0.119 e. The highest BCUT2D eigenvalue weighted by Gasteiger charge is 2.18. The summed E-state index contributed by atoms with van der Waals surface area (Å²) in [6.07, 6.45) is 0.590. The summed E-state index contributed by atoms with van der Waals surface area (Å²) >= 11 is 0. The Morgan fingerprint density at radius 2 is 1.34 bits per heavy atom. The van der Waals surface area contributed by atoms with Gasteiger partial charge in [-0.05, 0) is 61.5 Å². The zero-order valence-corrected chi connectivity index (χ0v) is 17.4. The van der Waals surface area contributed by atoms with Crippen molar-refractivity contribution in [3.63, 3.8) is 0 Å². The number of hydrogen-bond acceptors (Lipinski definition) is 6. The molecule has 0 bridgehead atoms. The van der Waals surface area contributed by atoms with E-state index in [4.69, 9.17) is 14.2 Å². The third-order valence-corrected chi connectivity index (χ3v) is 5.22. The predicted molar refractivity (Wildman–Crippen MR) is 114 cm³/mol. The fraction of sp³-hybridized carbons (Fsp3) is 0.478. The lowest BCUT2D eigenvalue weighted by atomic mass is 10.2. The van der Waals surface area contributed by atoms with Crippen molar-refractivity contribution in [2.45, 2.75) is 19.1 Å². The van der Waals surface area contributed by atoms with Crippen molar-refractivity contribution in [1.29, 1.82) is 0 Å². The van der Waals surface area contributed by atoms with E-state index < -0.39 is 6.10 Å². The molecule has 0 radical (unpaired) electrons. The van der Waals surface area contributed by atoms with E-state index >= 15 is 0 Å².